The predicted molar refractivity (Wildman–Crippen MR) is 240 cm³/mol. The van der Waals surface area contributed by atoms with Crippen LogP contribution >= 0.6 is 0 Å². The zero-order valence-electron chi connectivity index (χ0n) is 31.4. The van der Waals surface area contributed by atoms with Crippen molar-refractivity contribution in [3.8, 4) is 34.4 Å². The topological polar surface area (TPSA) is 54.1 Å². The van der Waals surface area contributed by atoms with Crippen molar-refractivity contribution < 1.29 is 0 Å². The van der Waals surface area contributed by atoms with Gasteiger partial charge in [-0.1, -0.05) is 121 Å². The highest BCUT2D eigenvalue weighted by atomic mass is 15.1. The zero-order chi connectivity index (χ0) is 39.0. The molecule has 0 aromatic heterocycles. The molecule has 0 N–H and O–H groups in total. The van der Waals surface area contributed by atoms with Gasteiger partial charge in [-0.3, -0.25) is 0 Å². The van der Waals surface area contributed by atoms with E-state index in [1.54, 1.807) is 0 Å². The van der Waals surface area contributed by atoms with Crippen molar-refractivity contribution >= 4 is 66.4 Å². The summed E-state index contributed by atoms with van der Waals surface area (Å²) in [6.45, 7) is 0. The van der Waals surface area contributed by atoms with Crippen molar-refractivity contribution in [2.75, 3.05) is 9.80 Å². The Balaban J connectivity index is 1.37. The van der Waals surface area contributed by atoms with Gasteiger partial charge in [-0.15, -0.1) is 0 Å². The standard InChI is InChI=1S/C54H34N4/c55-35-37-21-25-43(26-22-37)57(41-17-9-3-10-18-41)51-33-49(39-13-5-1-6-14-39)45-29-31-48-52(58(42-19-11-4-12-20-42)44-27-23-38(36-56)24-28-44)34-50(40-15-7-2-8-16-40)46-30-32-47(51)53(45)54(46)48/h1-34H. The van der Waals surface area contributed by atoms with Crippen molar-refractivity contribution in [2.45, 2.75) is 0 Å². The highest BCUT2D eigenvalue weighted by Gasteiger charge is 2.25. The van der Waals surface area contributed by atoms with Gasteiger partial charge in [-0.05, 0) is 118 Å². The molecule has 4 heteroatoms. The number of hydrogen-bond acceptors (Lipinski definition) is 4. The molecule has 0 saturated carbocycles. The van der Waals surface area contributed by atoms with Crippen LogP contribution in [0.5, 0.6) is 0 Å². The molecule has 0 atom stereocenters. The van der Waals surface area contributed by atoms with E-state index in [-0.39, 0.29) is 0 Å². The van der Waals surface area contributed by atoms with Crippen LogP contribution in [0.25, 0.3) is 54.6 Å². The number of benzene rings is 10. The van der Waals surface area contributed by atoms with E-state index >= 15 is 0 Å². The van der Waals surface area contributed by atoms with Crippen LogP contribution in [0.3, 0.4) is 0 Å². The molecule has 10 rings (SSSR count). The maximum Gasteiger partial charge on any atom is 0.0991 e. The van der Waals surface area contributed by atoms with E-state index in [4.69, 9.17) is 0 Å². The van der Waals surface area contributed by atoms with E-state index in [0.717, 1.165) is 77.9 Å². The van der Waals surface area contributed by atoms with Crippen LogP contribution < -0.4 is 9.80 Å². The molecule has 0 heterocycles. The Morgan fingerprint density at radius 2 is 0.621 bits per heavy atom. The maximum atomic E-state index is 9.72. The summed E-state index contributed by atoms with van der Waals surface area (Å²) < 4.78 is 0. The molecule has 58 heavy (non-hydrogen) atoms. The fourth-order valence-electron chi connectivity index (χ4n) is 8.42. The summed E-state index contributed by atoms with van der Waals surface area (Å²) >= 11 is 0. The summed E-state index contributed by atoms with van der Waals surface area (Å²) in [5.74, 6) is 0. The van der Waals surface area contributed by atoms with E-state index < -0.39 is 0 Å². The van der Waals surface area contributed by atoms with E-state index in [2.05, 4.69) is 168 Å². The van der Waals surface area contributed by atoms with Gasteiger partial charge in [0.25, 0.3) is 0 Å². The second kappa shape index (κ2) is 14.5. The van der Waals surface area contributed by atoms with Crippen molar-refractivity contribution in [2.24, 2.45) is 0 Å². The minimum absolute atomic E-state index is 0.614. The van der Waals surface area contributed by atoms with Crippen LogP contribution in [-0.2, 0) is 0 Å². The average molecular weight is 739 g/mol. The normalized spacial score (nSPS) is 11.1. The molecule has 0 amide bonds. The molecule has 0 aliphatic carbocycles. The third-order valence-corrected chi connectivity index (χ3v) is 11.0. The smallest absolute Gasteiger partial charge is 0.0991 e. The number of nitrogens with zero attached hydrogens (tertiary/aromatic N) is 4. The largest absolute Gasteiger partial charge is 0.310 e. The average Bonchev–Trinajstić information content (AvgIpc) is 3.30. The van der Waals surface area contributed by atoms with Gasteiger partial charge in [0.2, 0.25) is 0 Å². The molecule has 0 spiro atoms. The zero-order valence-corrected chi connectivity index (χ0v) is 31.4. The first-order valence-corrected chi connectivity index (χ1v) is 19.3. The Morgan fingerprint density at radius 3 is 0.966 bits per heavy atom. The first-order valence-electron chi connectivity index (χ1n) is 19.3. The summed E-state index contributed by atoms with van der Waals surface area (Å²) in [6.07, 6.45) is 0. The van der Waals surface area contributed by atoms with E-state index in [9.17, 15) is 10.5 Å². The molecule has 0 unspecified atom stereocenters. The van der Waals surface area contributed by atoms with Gasteiger partial charge < -0.3 is 9.80 Å². The second-order valence-electron chi connectivity index (χ2n) is 14.3. The van der Waals surface area contributed by atoms with E-state index in [1.807, 2.05) is 60.7 Å². The summed E-state index contributed by atoms with van der Waals surface area (Å²) in [4.78, 5) is 4.62. The van der Waals surface area contributed by atoms with Crippen LogP contribution in [0.2, 0.25) is 0 Å². The lowest BCUT2D eigenvalue weighted by atomic mass is 9.85. The molecular weight excluding hydrogens is 705 g/mol. The lowest BCUT2D eigenvalue weighted by Gasteiger charge is -2.31. The lowest BCUT2D eigenvalue weighted by molar-refractivity contribution is 1.29. The molecule has 0 saturated heterocycles. The molecule has 4 nitrogen and oxygen atoms in total. The van der Waals surface area contributed by atoms with Crippen LogP contribution in [0.4, 0.5) is 34.1 Å². The van der Waals surface area contributed by atoms with Gasteiger partial charge in [0.15, 0.2) is 0 Å². The van der Waals surface area contributed by atoms with Gasteiger partial charge in [0.05, 0.1) is 34.6 Å². The highest BCUT2D eigenvalue weighted by molar-refractivity contribution is 6.32. The van der Waals surface area contributed by atoms with Crippen LogP contribution in [0.1, 0.15) is 11.1 Å². The number of hydrogen-bond donors (Lipinski definition) is 0. The second-order valence-corrected chi connectivity index (χ2v) is 14.3. The molecule has 0 bridgehead atoms. The molecule has 0 fully saturated rings. The summed E-state index contributed by atoms with van der Waals surface area (Å²) in [7, 11) is 0. The fraction of sp³-hybridized carbons (Fsp3) is 0. The van der Waals surface area contributed by atoms with E-state index in [1.165, 1.54) is 10.8 Å². The molecule has 10 aromatic carbocycles. The summed E-state index contributed by atoms with van der Waals surface area (Å²) in [5, 5.41) is 26.3. The Hall–Kier alpha value is -8.18. The van der Waals surface area contributed by atoms with Crippen LogP contribution in [0.15, 0.2) is 206 Å². The van der Waals surface area contributed by atoms with Crippen LogP contribution in [-0.4, -0.2) is 0 Å². The molecule has 10 aromatic rings. The Morgan fingerprint density at radius 1 is 0.310 bits per heavy atom. The predicted octanol–water partition coefficient (Wildman–Crippen LogP) is 14.6. The van der Waals surface area contributed by atoms with Crippen molar-refractivity contribution in [3.63, 3.8) is 0 Å². The Bertz CT molecular complexity index is 2930. The highest BCUT2D eigenvalue weighted by Crippen LogP contribution is 2.52. The van der Waals surface area contributed by atoms with Gasteiger partial charge in [0.1, 0.15) is 0 Å². The molecule has 0 aliphatic heterocycles. The Labute approximate surface area is 337 Å². The van der Waals surface area contributed by atoms with Crippen molar-refractivity contribution in [1.29, 1.82) is 10.5 Å². The summed E-state index contributed by atoms with van der Waals surface area (Å²) in [6, 6.07) is 76.3. The lowest BCUT2D eigenvalue weighted by Crippen LogP contribution is -2.12. The molecule has 270 valence electrons. The van der Waals surface area contributed by atoms with Crippen LogP contribution in [0, 0.1) is 22.7 Å². The van der Waals surface area contributed by atoms with Gasteiger partial charge in [-0.25, -0.2) is 0 Å². The van der Waals surface area contributed by atoms with Gasteiger partial charge >= 0.3 is 0 Å². The number of para-hydroxylation sites is 2. The number of rotatable bonds is 8. The SMILES string of the molecule is N#Cc1ccc(N(c2ccccc2)c2cc(-c3ccccc3)c3ccc4c(N(c5ccccc5)c5ccc(C#N)cc5)cc(-c5ccccc5)c5ccc2c3c54)cc1. The first kappa shape index (κ1) is 34.3. The number of nitriles is 2. The first-order chi connectivity index (χ1) is 28.7. The Kier molecular flexibility index (Phi) is 8.57. The quantitative estimate of drug-likeness (QED) is 0.146. The third-order valence-electron chi connectivity index (χ3n) is 11.0. The third kappa shape index (κ3) is 5.85. The molecular formula is C54H34N4. The molecule has 0 aliphatic rings. The minimum atomic E-state index is 0.614. The molecule has 0 radical (unpaired) electrons. The van der Waals surface area contributed by atoms with E-state index in [0.29, 0.717) is 11.1 Å². The van der Waals surface area contributed by atoms with Gasteiger partial charge in [-0.2, -0.15) is 10.5 Å². The fourth-order valence-corrected chi connectivity index (χ4v) is 8.42. The maximum absolute atomic E-state index is 9.72. The number of anilines is 6. The van der Waals surface area contributed by atoms with Gasteiger partial charge in [0, 0.05) is 44.3 Å². The van der Waals surface area contributed by atoms with Crippen molar-refractivity contribution in [1.82, 2.24) is 0 Å². The minimum Gasteiger partial charge on any atom is -0.310 e. The van der Waals surface area contributed by atoms with Crippen molar-refractivity contribution in [3.05, 3.63) is 217 Å². The summed E-state index contributed by atoms with van der Waals surface area (Å²) in [5.41, 5.74) is 11.8. The monoisotopic (exact) mass is 738 g/mol.